The molecule has 27 heavy (non-hydrogen) atoms. The highest BCUT2D eigenvalue weighted by atomic mass is 35.5. The standard InChI is InChI=1S/C18H20ClNO3.2C2H6/c1-5-7-15(19)10-13(6-2)18(21)23-17-11-14(12(3)4)8-9-16(17)20-22;2*1-2/h5-12,20,22H,1-2H2,3-4H3;2*1-2H3/b13-10+,15-7+;;. The van der Waals surface area contributed by atoms with Crippen LogP contribution in [0.4, 0.5) is 5.69 Å². The second kappa shape index (κ2) is 15.9. The second-order valence-corrected chi connectivity index (χ2v) is 5.44. The Kier molecular flexibility index (Phi) is 15.9. The fraction of sp³-hybridized carbons (Fsp3) is 0.318. The van der Waals surface area contributed by atoms with Crippen LogP contribution < -0.4 is 10.2 Å². The molecule has 0 unspecified atom stereocenters. The molecule has 0 aliphatic heterocycles. The number of carbonyl (C=O) groups excluding carboxylic acids is 1. The van der Waals surface area contributed by atoms with Gasteiger partial charge in [-0.05, 0) is 35.8 Å². The van der Waals surface area contributed by atoms with Crippen LogP contribution in [0.3, 0.4) is 0 Å². The molecule has 1 rings (SSSR count). The molecule has 0 saturated carbocycles. The molecular weight excluding hydrogens is 362 g/mol. The minimum Gasteiger partial charge on any atom is -0.421 e. The van der Waals surface area contributed by atoms with Crippen molar-refractivity contribution in [2.24, 2.45) is 0 Å². The Morgan fingerprint density at radius 1 is 1.22 bits per heavy atom. The first-order valence-electron chi connectivity index (χ1n) is 9.01. The van der Waals surface area contributed by atoms with E-state index >= 15 is 0 Å². The summed E-state index contributed by atoms with van der Waals surface area (Å²) in [5.41, 5.74) is 3.46. The van der Waals surface area contributed by atoms with E-state index in [0.29, 0.717) is 10.7 Å². The summed E-state index contributed by atoms with van der Waals surface area (Å²) in [6.45, 7) is 19.1. The quantitative estimate of drug-likeness (QED) is 0.172. The van der Waals surface area contributed by atoms with Gasteiger partial charge in [0.1, 0.15) is 5.69 Å². The van der Waals surface area contributed by atoms with Crippen molar-refractivity contribution in [2.45, 2.75) is 47.5 Å². The van der Waals surface area contributed by atoms with Gasteiger partial charge in [0.2, 0.25) is 0 Å². The molecule has 0 atom stereocenters. The summed E-state index contributed by atoms with van der Waals surface area (Å²) in [4.78, 5) is 12.2. The molecule has 0 amide bonds. The van der Waals surface area contributed by atoms with E-state index in [0.717, 1.165) is 5.56 Å². The van der Waals surface area contributed by atoms with Gasteiger partial charge in [0.25, 0.3) is 0 Å². The largest absolute Gasteiger partial charge is 0.421 e. The van der Waals surface area contributed by atoms with Gasteiger partial charge in [-0.2, -0.15) is 0 Å². The molecule has 0 radical (unpaired) electrons. The summed E-state index contributed by atoms with van der Waals surface area (Å²) < 4.78 is 5.35. The lowest BCUT2D eigenvalue weighted by Crippen LogP contribution is -2.11. The van der Waals surface area contributed by atoms with Gasteiger partial charge in [-0.1, -0.05) is 84.5 Å². The van der Waals surface area contributed by atoms with Crippen LogP contribution >= 0.6 is 11.6 Å². The van der Waals surface area contributed by atoms with Crippen LogP contribution in [-0.2, 0) is 4.79 Å². The number of carbonyl (C=O) groups is 1. The van der Waals surface area contributed by atoms with E-state index in [1.165, 1.54) is 18.2 Å². The molecule has 0 fully saturated rings. The highest BCUT2D eigenvalue weighted by molar-refractivity contribution is 6.31. The number of hydrogen-bond acceptors (Lipinski definition) is 4. The number of anilines is 1. The molecule has 0 aromatic heterocycles. The van der Waals surface area contributed by atoms with Crippen molar-refractivity contribution >= 4 is 23.3 Å². The molecule has 5 heteroatoms. The van der Waals surface area contributed by atoms with Crippen molar-refractivity contribution < 1.29 is 14.7 Å². The van der Waals surface area contributed by atoms with Gasteiger partial charge in [-0.25, -0.2) is 4.79 Å². The zero-order chi connectivity index (χ0) is 21.4. The van der Waals surface area contributed by atoms with Crippen LogP contribution in [0.1, 0.15) is 53.0 Å². The molecule has 0 saturated heterocycles. The van der Waals surface area contributed by atoms with Crippen molar-refractivity contribution in [1.29, 1.82) is 0 Å². The average Bonchev–Trinajstić information content (AvgIpc) is 2.69. The lowest BCUT2D eigenvalue weighted by Gasteiger charge is -2.13. The zero-order valence-corrected chi connectivity index (χ0v) is 17.9. The monoisotopic (exact) mass is 393 g/mol. The van der Waals surface area contributed by atoms with Gasteiger partial charge in [-0.15, -0.1) is 0 Å². The Labute approximate surface area is 168 Å². The lowest BCUT2D eigenvalue weighted by atomic mass is 10.0. The summed E-state index contributed by atoms with van der Waals surface area (Å²) >= 11 is 5.93. The maximum Gasteiger partial charge on any atom is 0.343 e. The van der Waals surface area contributed by atoms with Crippen LogP contribution in [0.25, 0.3) is 0 Å². The van der Waals surface area contributed by atoms with Gasteiger partial charge in [0.15, 0.2) is 5.75 Å². The van der Waals surface area contributed by atoms with Crippen molar-refractivity contribution in [3.05, 3.63) is 71.8 Å². The number of ether oxygens (including phenoxy) is 1. The predicted molar refractivity (Wildman–Crippen MR) is 117 cm³/mol. The first-order chi connectivity index (χ1) is 12.9. The number of rotatable bonds is 7. The SMILES string of the molecule is C=C/C=C(Cl)\C=C(/C=C)C(=O)Oc1cc(C(C)C)ccc1NO.CC.CC. The average molecular weight is 394 g/mol. The normalized spacial score (nSPS) is 10.7. The summed E-state index contributed by atoms with van der Waals surface area (Å²) in [5, 5.41) is 9.48. The molecule has 4 nitrogen and oxygen atoms in total. The minimum absolute atomic E-state index is 0.187. The Hall–Kier alpha value is -2.30. The van der Waals surface area contributed by atoms with E-state index in [4.69, 9.17) is 21.5 Å². The maximum absolute atomic E-state index is 12.2. The van der Waals surface area contributed by atoms with E-state index in [1.54, 1.807) is 18.2 Å². The second-order valence-electron chi connectivity index (χ2n) is 5.00. The predicted octanol–water partition coefficient (Wildman–Crippen LogP) is 6.99. The van der Waals surface area contributed by atoms with Gasteiger partial charge < -0.3 is 4.74 Å². The van der Waals surface area contributed by atoms with E-state index in [-0.39, 0.29) is 17.2 Å². The van der Waals surface area contributed by atoms with Crippen LogP contribution in [0.2, 0.25) is 0 Å². The molecule has 0 aliphatic rings. The number of benzene rings is 1. The van der Waals surface area contributed by atoms with Crippen LogP contribution in [0, 0.1) is 0 Å². The van der Waals surface area contributed by atoms with Gasteiger partial charge >= 0.3 is 5.97 Å². The molecule has 0 spiro atoms. The molecule has 0 heterocycles. The van der Waals surface area contributed by atoms with Crippen LogP contribution in [0.15, 0.2) is 66.3 Å². The van der Waals surface area contributed by atoms with Gasteiger partial charge in [0, 0.05) is 5.03 Å². The fourth-order valence-electron chi connectivity index (χ4n) is 1.74. The zero-order valence-electron chi connectivity index (χ0n) is 17.2. The Morgan fingerprint density at radius 2 is 1.81 bits per heavy atom. The summed E-state index contributed by atoms with van der Waals surface area (Å²) in [7, 11) is 0. The lowest BCUT2D eigenvalue weighted by molar-refractivity contribution is -0.129. The van der Waals surface area contributed by atoms with E-state index in [1.807, 2.05) is 53.1 Å². The van der Waals surface area contributed by atoms with Crippen LogP contribution in [-0.4, -0.2) is 11.2 Å². The molecule has 150 valence electrons. The summed E-state index contributed by atoms with van der Waals surface area (Å²) in [5.74, 6) is -0.159. The highest BCUT2D eigenvalue weighted by Crippen LogP contribution is 2.29. The maximum atomic E-state index is 12.2. The number of halogens is 1. The van der Waals surface area contributed by atoms with Crippen molar-refractivity contribution in [1.82, 2.24) is 0 Å². The van der Waals surface area contributed by atoms with E-state index in [9.17, 15) is 4.79 Å². The van der Waals surface area contributed by atoms with Crippen LogP contribution in [0.5, 0.6) is 5.75 Å². The fourth-order valence-corrected chi connectivity index (χ4v) is 1.95. The third-order valence-corrected chi connectivity index (χ3v) is 3.26. The Morgan fingerprint density at radius 3 is 2.26 bits per heavy atom. The number of nitrogens with one attached hydrogen (secondary N) is 1. The minimum atomic E-state index is -0.631. The topological polar surface area (TPSA) is 58.6 Å². The van der Waals surface area contributed by atoms with Gasteiger partial charge in [0.05, 0.1) is 5.57 Å². The first kappa shape index (κ1) is 26.9. The number of allylic oxidation sites excluding steroid dienone is 4. The van der Waals surface area contributed by atoms with Crippen molar-refractivity contribution in [3.8, 4) is 5.75 Å². The van der Waals surface area contributed by atoms with E-state index in [2.05, 4.69) is 13.2 Å². The Bertz CT molecular complexity index is 662. The van der Waals surface area contributed by atoms with Crippen molar-refractivity contribution in [2.75, 3.05) is 5.48 Å². The number of esters is 1. The Balaban J connectivity index is 0. The van der Waals surface area contributed by atoms with Gasteiger partial charge in [-0.3, -0.25) is 10.7 Å². The first-order valence-corrected chi connectivity index (χ1v) is 9.39. The third-order valence-electron chi connectivity index (χ3n) is 3.02. The summed E-state index contributed by atoms with van der Waals surface area (Å²) in [6, 6.07) is 5.18. The molecule has 0 bridgehead atoms. The molecule has 0 aliphatic carbocycles. The summed E-state index contributed by atoms with van der Waals surface area (Å²) in [6.07, 6.45) is 5.82. The molecule has 1 aromatic carbocycles. The molecule has 1 aromatic rings. The van der Waals surface area contributed by atoms with E-state index < -0.39 is 5.97 Å². The molecule has 2 N–H and O–H groups in total. The molecular formula is C22H32ClNO3. The highest BCUT2D eigenvalue weighted by Gasteiger charge is 2.14. The number of hydrogen-bond donors (Lipinski definition) is 2. The van der Waals surface area contributed by atoms with Crippen molar-refractivity contribution in [3.63, 3.8) is 0 Å². The third kappa shape index (κ3) is 9.83. The smallest absolute Gasteiger partial charge is 0.343 e.